The molecule has 0 aliphatic heterocycles. The van der Waals surface area contributed by atoms with E-state index in [0.717, 1.165) is 19.0 Å². The zero-order chi connectivity index (χ0) is 12.1. The van der Waals surface area contributed by atoms with Gasteiger partial charge in [0.1, 0.15) is 0 Å². The van der Waals surface area contributed by atoms with Crippen molar-refractivity contribution in [2.45, 2.75) is 33.2 Å². The van der Waals surface area contributed by atoms with E-state index in [9.17, 15) is 8.78 Å². The van der Waals surface area contributed by atoms with Crippen molar-refractivity contribution in [1.82, 2.24) is 5.32 Å². The van der Waals surface area contributed by atoms with Crippen LogP contribution in [0, 0.1) is 17.6 Å². The highest BCUT2D eigenvalue weighted by atomic mass is 19.2. The topological polar surface area (TPSA) is 12.0 Å². The molecular formula is C13H19F2N. The van der Waals surface area contributed by atoms with E-state index in [0.29, 0.717) is 11.5 Å². The largest absolute Gasteiger partial charge is 0.310 e. The van der Waals surface area contributed by atoms with Gasteiger partial charge in [-0.2, -0.15) is 0 Å². The number of halogens is 2. The van der Waals surface area contributed by atoms with Gasteiger partial charge in [0.15, 0.2) is 11.6 Å². The molecule has 1 rings (SSSR count). The second-order valence-electron chi connectivity index (χ2n) is 4.29. The molecule has 1 aromatic rings. The van der Waals surface area contributed by atoms with Crippen LogP contribution in [-0.2, 0) is 0 Å². The van der Waals surface area contributed by atoms with E-state index in [-0.39, 0.29) is 6.04 Å². The predicted molar refractivity (Wildman–Crippen MR) is 62.2 cm³/mol. The summed E-state index contributed by atoms with van der Waals surface area (Å²) in [5, 5.41) is 3.21. The summed E-state index contributed by atoms with van der Waals surface area (Å²) in [5.41, 5.74) is 0.392. The molecule has 2 unspecified atom stereocenters. The first-order chi connectivity index (χ1) is 7.56. The van der Waals surface area contributed by atoms with E-state index >= 15 is 0 Å². The molecule has 16 heavy (non-hydrogen) atoms. The predicted octanol–water partition coefficient (Wildman–Crippen LogP) is 3.66. The van der Waals surface area contributed by atoms with Crippen LogP contribution in [0.5, 0.6) is 0 Å². The summed E-state index contributed by atoms with van der Waals surface area (Å²) in [4.78, 5) is 0. The van der Waals surface area contributed by atoms with E-state index in [4.69, 9.17) is 0 Å². The van der Waals surface area contributed by atoms with Crippen molar-refractivity contribution in [2.24, 2.45) is 5.92 Å². The number of rotatable bonds is 5. The molecule has 0 aliphatic rings. The molecule has 0 saturated heterocycles. The normalized spacial score (nSPS) is 14.8. The first-order valence-corrected chi connectivity index (χ1v) is 5.73. The van der Waals surface area contributed by atoms with Gasteiger partial charge in [0, 0.05) is 11.6 Å². The fourth-order valence-electron chi connectivity index (χ4n) is 1.49. The zero-order valence-electron chi connectivity index (χ0n) is 10.1. The third kappa shape index (κ3) is 3.27. The Kier molecular flexibility index (Phi) is 4.87. The summed E-state index contributed by atoms with van der Waals surface area (Å²) in [5.74, 6) is -0.986. The van der Waals surface area contributed by atoms with Gasteiger partial charge in [-0.15, -0.1) is 0 Å². The Labute approximate surface area is 95.9 Å². The van der Waals surface area contributed by atoms with Crippen LogP contribution in [0.2, 0.25) is 0 Å². The number of benzene rings is 1. The van der Waals surface area contributed by atoms with Gasteiger partial charge >= 0.3 is 0 Å². The molecule has 2 atom stereocenters. The number of hydrogen-bond donors (Lipinski definition) is 1. The maximum absolute atomic E-state index is 13.4. The van der Waals surface area contributed by atoms with Gasteiger partial charge in [-0.25, -0.2) is 8.78 Å². The van der Waals surface area contributed by atoms with Crippen LogP contribution in [-0.4, -0.2) is 6.54 Å². The summed E-state index contributed by atoms with van der Waals surface area (Å²) < 4.78 is 26.4. The quantitative estimate of drug-likeness (QED) is 0.809. The van der Waals surface area contributed by atoms with Crippen molar-refractivity contribution in [3.8, 4) is 0 Å². The van der Waals surface area contributed by atoms with Gasteiger partial charge in [-0.3, -0.25) is 0 Å². The minimum absolute atomic E-state index is 0.162. The molecular weight excluding hydrogens is 208 g/mol. The first-order valence-electron chi connectivity index (χ1n) is 5.73. The summed E-state index contributed by atoms with van der Waals surface area (Å²) in [7, 11) is 0. The minimum Gasteiger partial charge on any atom is -0.310 e. The van der Waals surface area contributed by atoms with E-state index in [2.05, 4.69) is 19.2 Å². The van der Waals surface area contributed by atoms with Crippen LogP contribution < -0.4 is 5.32 Å². The highest BCUT2D eigenvalue weighted by molar-refractivity contribution is 5.21. The lowest BCUT2D eigenvalue weighted by Crippen LogP contribution is -2.25. The van der Waals surface area contributed by atoms with E-state index in [1.807, 2.05) is 6.92 Å². The van der Waals surface area contributed by atoms with Crippen molar-refractivity contribution >= 4 is 0 Å². The molecule has 0 aliphatic carbocycles. The smallest absolute Gasteiger partial charge is 0.163 e. The second-order valence-corrected chi connectivity index (χ2v) is 4.29. The van der Waals surface area contributed by atoms with Gasteiger partial charge in [0.05, 0.1) is 0 Å². The minimum atomic E-state index is -0.783. The van der Waals surface area contributed by atoms with Gasteiger partial charge in [-0.05, 0) is 25.5 Å². The van der Waals surface area contributed by atoms with Crippen LogP contribution in [0.1, 0.15) is 38.8 Å². The molecule has 0 saturated carbocycles. The summed E-state index contributed by atoms with van der Waals surface area (Å²) in [6.07, 6.45) is 1.07. The lowest BCUT2D eigenvalue weighted by molar-refractivity contribution is 0.437. The van der Waals surface area contributed by atoms with E-state index < -0.39 is 11.6 Å². The van der Waals surface area contributed by atoms with Crippen LogP contribution in [0.15, 0.2) is 18.2 Å². The summed E-state index contributed by atoms with van der Waals surface area (Å²) >= 11 is 0. The van der Waals surface area contributed by atoms with Crippen LogP contribution >= 0.6 is 0 Å². The molecule has 0 aromatic heterocycles. The van der Waals surface area contributed by atoms with Gasteiger partial charge in [0.25, 0.3) is 0 Å². The van der Waals surface area contributed by atoms with Crippen molar-refractivity contribution in [2.75, 3.05) is 6.54 Å². The molecule has 1 nitrogen and oxygen atoms in total. The van der Waals surface area contributed by atoms with Crippen molar-refractivity contribution in [1.29, 1.82) is 0 Å². The lowest BCUT2D eigenvalue weighted by Gasteiger charge is -2.17. The Morgan fingerprint density at radius 2 is 1.94 bits per heavy atom. The lowest BCUT2D eigenvalue weighted by atomic mass is 10.1. The first kappa shape index (κ1) is 13.1. The van der Waals surface area contributed by atoms with E-state index in [1.54, 1.807) is 6.07 Å². The highest BCUT2D eigenvalue weighted by Gasteiger charge is 2.14. The number of nitrogens with one attached hydrogen (secondary N) is 1. The van der Waals surface area contributed by atoms with Gasteiger partial charge in [-0.1, -0.05) is 32.4 Å². The molecule has 0 bridgehead atoms. The molecule has 90 valence electrons. The molecule has 0 amide bonds. The molecule has 1 aromatic carbocycles. The standard InChI is InChI=1S/C13H19F2N/c1-4-9(2)8-16-10(3)11-6-5-7-12(14)13(11)15/h5-7,9-10,16H,4,8H2,1-3H3. The molecule has 1 N–H and O–H groups in total. The Morgan fingerprint density at radius 3 is 2.56 bits per heavy atom. The van der Waals surface area contributed by atoms with Crippen LogP contribution in [0.25, 0.3) is 0 Å². The summed E-state index contributed by atoms with van der Waals surface area (Å²) in [6, 6.07) is 4.13. The molecule has 0 fully saturated rings. The highest BCUT2D eigenvalue weighted by Crippen LogP contribution is 2.19. The fraction of sp³-hybridized carbons (Fsp3) is 0.538. The van der Waals surface area contributed by atoms with Gasteiger partial charge < -0.3 is 5.32 Å². The average molecular weight is 227 g/mol. The van der Waals surface area contributed by atoms with Crippen molar-refractivity contribution < 1.29 is 8.78 Å². The second kappa shape index (κ2) is 5.94. The van der Waals surface area contributed by atoms with Crippen molar-refractivity contribution in [3.63, 3.8) is 0 Å². The average Bonchev–Trinajstić information content (AvgIpc) is 2.29. The van der Waals surface area contributed by atoms with Crippen molar-refractivity contribution in [3.05, 3.63) is 35.4 Å². The van der Waals surface area contributed by atoms with Crippen LogP contribution in [0.4, 0.5) is 8.78 Å². The summed E-state index contributed by atoms with van der Waals surface area (Å²) in [6.45, 7) is 6.90. The SMILES string of the molecule is CCC(C)CNC(C)c1cccc(F)c1F. The Bertz CT molecular complexity index is 339. The third-order valence-corrected chi connectivity index (χ3v) is 2.92. The Hall–Kier alpha value is -0.960. The molecule has 0 spiro atoms. The Morgan fingerprint density at radius 1 is 1.25 bits per heavy atom. The zero-order valence-corrected chi connectivity index (χ0v) is 10.1. The maximum Gasteiger partial charge on any atom is 0.163 e. The van der Waals surface area contributed by atoms with E-state index in [1.165, 1.54) is 6.07 Å². The van der Waals surface area contributed by atoms with Gasteiger partial charge in [0.2, 0.25) is 0 Å². The number of hydrogen-bond acceptors (Lipinski definition) is 1. The van der Waals surface area contributed by atoms with Crippen LogP contribution in [0.3, 0.4) is 0 Å². The maximum atomic E-state index is 13.4. The Balaban J connectivity index is 2.66. The molecule has 3 heteroatoms. The monoisotopic (exact) mass is 227 g/mol. The third-order valence-electron chi connectivity index (χ3n) is 2.92. The molecule has 0 radical (unpaired) electrons. The fourth-order valence-corrected chi connectivity index (χ4v) is 1.49. The molecule has 0 heterocycles.